The van der Waals surface area contributed by atoms with Crippen molar-refractivity contribution in [2.45, 2.75) is 45.1 Å². The van der Waals surface area contributed by atoms with E-state index in [-0.39, 0.29) is 11.7 Å². The van der Waals surface area contributed by atoms with Gasteiger partial charge in [0.25, 0.3) is 0 Å². The molecule has 134 valence electrons. The molecule has 3 heteroatoms. The summed E-state index contributed by atoms with van der Waals surface area (Å²) in [6.07, 6.45) is 6.09. The highest BCUT2D eigenvalue weighted by Gasteiger charge is 2.25. The summed E-state index contributed by atoms with van der Waals surface area (Å²) in [4.78, 5) is 15.4. The molecule has 0 saturated heterocycles. The van der Waals surface area contributed by atoms with E-state index in [0.717, 1.165) is 35.1 Å². The minimum absolute atomic E-state index is 0.0706. The molecule has 0 radical (unpaired) electrons. The number of hydrogen-bond acceptors (Lipinski definition) is 3. The third-order valence-electron chi connectivity index (χ3n) is 5.65. The van der Waals surface area contributed by atoms with E-state index in [1.807, 2.05) is 36.4 Å². The van der Waals surface area contributed by atoms with Crippen LogP contribution in [-0.2, 0) is 0 Å². The average molecular weight is 339 g/mol. The fourth-order valence-electron chi connectivity index (χ4n) is 3.98. The Labute approximate surface area is 151 Å². The molecule has 1 atom stereocenters. The monoisotopic (exact) mass is 339 g/mol. The third kappa shape index (κ3) is 4.04. The van der Waals surface area contributed by atoms with E-state index >= 15 is 0 Å². The first-order valence-corrected chi connectivity index (χ1v) is 9.44. The van der Waals surface area contributed by atoms with Gasteiger partial charge in [0.2, 0.25) is 0 Å². The molecule has 0 aliphatic heterocycles. The van der Waals surface area contributed by atoms with E-state index in [9.17, 15) is 4.79 Å². The van der Waals surface area contributed by atoms with Crippen molar-refractivity contribution in [1.82, 2.24) is 4.90 Å². The highest BCUT2D eigenvalue weighted by atomic mass is 16.5. The Morgan fingerprint density at radius 2 is 1.84 bits per heavy atom. The van der Waals surface area contributed by atoms with Gasteiger partial charge in [-0.1, -0.05) is 38.0 Å². The van der Waals surface area contributed by atoms with Crippen molar-refractivity contribution in [3.05, 3.63) is 42.0 Å². The molecule has 0 heterocycles. The van der Waals surface area contributed by atoms with Crippen molar-refractivity contribution >= 4 is 16.6 Å². The fraction of sp³-hybridized carbons (Fsp3) is 0.500. The molecule has 0 spiro atoms. The predicted octanol–water partition coefficient (Wildman–Crippen LogP) is 4.93. The third-order valence-corrected chi connectivity index (χ3v) is 5.65. The zero-order chi connectivity index (χ0) is 17.8. The Balaban J connectivity index is 1.76. The van der Waals surface area contributed by atoms with E-state index in [1.165, 1.54) is 25.7 Å². The van der Waals surface area contributed by atoms with E-state index in [4.69, 9.17) is 4.74 Å². The van der Waals surface area contributed by atoms with Gasteiger partial charge in [0, 0.05) is 24.1 Å². The first-order chi connectivity index (χ1) is 12.1. The topological polar surface area (TPSA) is 29.5 Å². The molecule has 0 bridgehead atoms. The molecule has 1 unspecified atom stereocenters. The summed E-state index contributed by atoms with van der Waals surface area (Å²) >= 11 is 0. The number of hydrogen-bond donors (Lipinski definition) is 0. The zero-order valence-electron chi connectivity index (χ0n) is 15.6. The SMILES string of the molecule is CCC(CN(C)C1CCCC1)C(=O)c1ccc2cc(OC)ccc2c1. The Bertz CT molecular complexity index is 734. The highest BCUT2D eigenvalue weighted by Crippen LogP contribution is 2.26. The van der Waals surface area contributed by atoms with E-state index in [0.29, 0.717) is 6.04 Å². The van der Waals surface area contributed by atoms with Crippen LogP contribution >= 0.6 is 0 Å². The number of carbonyl (C=O) groups is 1. The highest BCUT2D eigenvalue weighted by molar-refractivity contribution is 6.01. The molecule has 1 saturated carbocycles. The van der Waals surface area contributed by atoms with Gasteiger partial charge in [-0.05, 0) is 55.3 Å². The first-order valence-electron chi connectivity index (χ1n) is 9.44. The van der Waals surface area contributed by atoms with Crippen molar-refractivity contribution < 1.29 is 9.53 Å². The second-order valence-corrected chi connectivity index (χ2v) is 7.28. The second kappa shape index (κ2) is 8.01. The maximum absolute atomic E-state index is 13.0. The van der Waals surface area contributed by atoms with Crippen LogP contribution in [0.2, 0.25) is 0 Å². The number of benzene rings is 2. The normalized spacial score (nSPS) is 16.5. The number of rotatable bonds is 7. The van der Waals surface area contributed by atoms with E-state index < -0.39 is 0 Å². The average Bonchev–Trinajstić information content (AvgIpc) is 3.19. The van der Waals surface area contributed by atoms with Gasteiger partial charge in [-0.2, -0.15) is 0 Å². The Morgan fingerprint density at radius 3 is 2.52 bits per heavy atom. The van der Waals surface area contributed by atoms with Crippen LogP contribution in [0.1, 0.15) is 49.4 Å². The molecule has 3 rings (SSSR count). The molecule has 3 nitrogen and oxygen atoms in total. The summed E-state index contributed by atoms with van der Waals surface area (Å²) in [5.41, 5.74) is 0.823. The van der Waals surface area contributed by atoms with Crippen molar-refractivity contribution in [3.8, 4) is 5.75 Å². The summed E-state index contributed by atoms with van der Waals surface area (Å²) < 4.78 is 5.28. The van der Waals surface area contributed by atoms with Crippen molar-refractivity contribution in [2.24, 2.45) is 5.92 Å². The Hall–Kier alpha value is -1.87. The van der Waals surface area contributed by atoms with Gasteiger partial charge >= 0.3 is 0 Å². The van der Waals surface area contributed by atoms with Crippen molar-refractivity contribution in [1.29, 1.82) is 0 Å². The maximum atomic E-state index is 13.0. The van der Waals surface area contributed by atoms with Crippen LogP contribution in [0, 0.1) is 5.92 Å². The molecule has 1 aliphatic carbocycles. The number of methoxy groups -OCH3 is 1. The number of ether oxygens (including phenoxy) is 1. The summed E-state index contributed by atoms with van der Waals surface area (Å²) in [6.45, 7) is 2.98. The van der Waals surface area contributed by atoms with Crippen LogP contribution < -0.4 is 4.74 Å². The number of Topliss-reactive ketones (excluding diaryl/α,β-unsaturated/α-hetero) is 1. The predicted molar refractivity (Wildman–Crippen MR) is 103 cm³/mol. The second-order valence-electron chi connectivity index (χ2n) is 7.28. The van der Waals surface area contributed by atoms with Gasteiger partial charge in [0.1, 0.15) is 5.75 Å². The summed E-state index contributed by atoms with van der Waals surface area (Å²) in [5.74, 6) is 1.18. The van der Waals surface area contributed by atoms with E-state index in [1.54, 1.807) is 7.11 Å². The maximum Gasteiger partial charge on any atom is 0.167 e. The van der Waals surface area contributed by atoms with Crippen LogP contribution in [-0.4, -0.2) is 37.4 Å². The lowest BCUT2D eigenvalue weighted by Crippen LogP contribution is -2.36. The van der Waals surface area contributed by atoms with Gasteiger partial charge < -0.3 is 9.64 Å². The van der Waals surface area contributed by atoms with Crippen LogP contribution in [0.25, 0.3) is 10.8 Å². The molecule has 2 aromatic carbocycles. The van der Waals surface area contributed by atoms with Gasteiger partial charge in [0.05, 0.1) is 7.11 Å². The number of fused-ring (bicyclic) bond motifs is 1. The van der Waals surface area contributed by atoms with Crippen LogP contribution in [0.3, 0.4) is 0 Å². The summed E-state index contributed by atoms with van der Waals surface area (Å²) in [6, 6.07) is 12.6. The number of nitrogens with zero attached hydrogens (tertiary/aromatic N) is 1. The quantitative estimate of drug-likeness (QED) is 0.670. The molecular weight excluding hydrogens is 310 g/mol. The lowest BCUT2D eigenvalue weighted by molar-refractivity contribution is 0.0868. The summed E-state index contributed by atoms with van der Waals surface area (Å²) in [5, 5.41) is 2.19. The summed E-state index contributed by atoms with van der Waals surface area (Å²) in [7, 11) is 3.85. The Kier molecular flexibility index (Phi) is 5.74. The van der Waals surface area contributed by atoms with E-state index in [2.05, 4.69) is 18.9 Å². The minimum atomic E-state index is 0.0706. The van der Waals surface area contributed by atoms with Gasteiger partial charge in [-0.15, -0.1) is 0 Å². The zero-order valence-corrected chi connectivity index (χ0v) is 15.6. The largest absolute Gasteiger partial charge is 0.497 e. The molecule has 0 amide bonds. The molecule has 25 heavy (non-hydrogen) atoms. The van der Waals surface area contributed by atoms with Gasteiger partial charge in [-0.25, -0.2) is 0 Å². The standard InChI is InChI=1S/C22H29NO2/c1-4-16(15-23(2)20-7-5-6-8-20)22(24)19-10-9-18-14-21(25-3)12-11-17(18)13-19/h9-14,16,20H,4-8,15H2,1-3H3. The molecule has 2 aromatic rings. The smallest absolute Gasteiger partial charge is 0.167 e. The van der Waals surface area contributed by atoms with Crippen LogP contribution in [0.5, 0.6) is 5.75 Å². The number of ketones is 1. The molecule has 0 aromatic heterocycles. The molecular formula is C22H29NO2. The van der Waals surface area contributed by atoms with Crippen molar-refractivity contribution in [2.75, 3.05) is 20.7 Å². The molecule has 0 N–H and O–H groups in total. The van der Waals surface area contributed by atoms with Gasteiger partial charge in [-0.3, -0.25) is 4.79 Å². The molecule has 1 aliphatic rings. The van der Waals surface area contributed by atoms with Crippen molar-refractivity contribution in [3.63, 3.8) is 0 Å². The van der Waals surface area contributed by atoms with Crippen LogP contribution in [0.15, 0.2) is 36.4 Å². The minimum Gasteiger partial charge on any atom is -0.497 e. The lowest BCUT2D eigenvalue weighted by Gasteiger charge is -2.27. The fourth-order valence-corrected chi connectivity index (χ4v) is 3.98. The van der Waals surface area contributed by atoms with Crippen LogP contribution in [0.4, 0.5) is 0 Å². The number of carbonyl (C=O) groups excluding carboxylic acids is 1. The molecule has 1 fully saturated rings. The first kappa shape index (κ1) is 17.9. The lowest BCUT2D eigenvalue weighted by atomic mass is 9.93. The Morgan fingerprint density at radius 1 is 1.16 bits per heavy atom. The van der Waals surface area contributed by atoms with Gasteiger partial charge in [0.15, 0.2) is 5.78 Å².